The number of nitrogens with zero attached hydrogens (tertiary/aromatic N) is 1. The number of hydrogen-bond donors (Lipinski definition) is 1. The number of carboxylic acid groups (broad SMARTS) is 1. The zero-order chi connectivity index (χ0) is 14.5. The van der Waals surface area contributed by atoms with Crippen LogP contribution >= 0.6 is 0 Å². The molecule has 1 atom stereocenters. The summed E-state index contributed by atoms with van der Waals surface area (Å²) in [4.78, 5) is 23.7. The van der Waals surface area contributed by atoms with Gasteiger partial charge in [-0.25, -0.2) is 8.42 Å². The van der Waals surface area contributed by atoms with E-state index in [0.717, 1.165) is 4.90 Å². The van der Waals surface area contributed by atoms with Gasteiger partial charge in [0.2, 0.25) is 5.91 Å². The van der Waals surface area contributed by atoms with Crippen molar-refractivity contribution in [3.05, 3.63) is 0 Å². The molecule has 0 aromatic rings. The first-order valence-corrected chi connectivity index (χ1v) is 7.56. The molecule has 0 bridgehead atoms. The molecule has 6 nitrogen and oxygen atoms in total. The molecule has 106 valence electrons. The third-order valence-electron chi connectivity index (χ3n) is 2.79. The highest BCUT2D eigenvalue weighted by atomic mass is 32.2. The van der Waals surface area contributed by atoms with E-state index in [2.05, 4.69) is 0 Å². The van der Waals surface area contributed by atoms with Gasteiger partial charge in [-0.15, -0.1) is 0 Å². The Morgan fingerprint density at radius 1 is 1.22 bits per heavy atom. The third kappa shape index (κ3) is 5.03. The largest absolute Gasteiger partial charge is 0.480 e. The maximum absolute atomic E-state index is 11.9. The summed E-state index contributed by atoms with van der Waals surface area (Å²) in [5.74, 6) is -2.44. The summed E-state index contributed by atoms with van der Waals surface area (Å²) in [6, 6.07) is -0.295. The van der Waals surface area contributed by atoms with Gasteiger partial charge in [-0.3, -0.25) is 9.59 Å². The Bertz CT molecular complexity index is 402. The lowest BCUT2D eigenvalue weighted by atomic mass is 10.2. The Balaban J connectivity index is 4.93. The number of carbonyl (C=O) groups excluding carboxylic acids is 1. The topological polar surface area (TPSA) is 91.8 Å². The predicted octanol–water partition coefficient (Wildman–Crippen LogP) is 0.521. The molecule has 1 amide bonds. The highest BCUT2D eigenvalue weighted by Gasteiger charge is 2.27. The molecule has 1 unspecified atom stereocenters. The molecular weight excluding hydrogens is 258 g/mol. The summed E-state index contributed by atoms with van der Waals surface area (Å²) < 4.78 is 23.3. The minimum absolute atomic E-state index is 0.295. The van der Waals surface area contributed by atoms with Gasteiger partial charge in [-0.05, 0) is 27.2 Å². The number of amides is 1. The van der Waals surface area contributed by atoms with Crippen molar-refractivity contribution in [1.82, 2.24) is 4.90 Å². The van der Waals surface area contributed by atoms with Crippen LogP contribution < -0.4 is 0 Å². The molecule has 0 fully saturated rings. The van der Waals surface area contributed by atoms with Gasteiger partial charge in [-0.2, -0.15) is 0 Å². The lowest BCUT2D eigenvalue weighted by Crippen LogP contribution is -2.45. The Morgan fingerprint density at radius 3 is 2.06 bits per heavy atom. The van der Waals surface area contributed by atoms with E-state index in [0.29, 0.717) is 6.42 Å². The van der Waals surface area contributed by atoms with E-state index in [1.807, 2.05) is 6.92 Å². The fourth-order valence-corrected chi connectivity index (χ4v) is 2.12. The van der Waals surface area contributed by atoms with Crippen LogP contribution in [0.25, 0.3) is 0 Å². The molecule has 0 saturated carbocycles. The van der Waals surface area contributed by atoms with E-state index in [4.69, 9.17) is 5.11 Å². The number of carbonyl (C=O) groups is 2. The molecule has 0 aromatic heterocycles. The van der Waals surface area contributed by atoms with Crippen molar-refractivity contribution in [3.8, 4) is 0 Å². The summed E-state index contributed by atoms with van der Waals surface area (Å²) in [5.41, 5.74) is 0. The number of aliphatic carboxylic acids is 1. The first-order valence-electron chi connectivity index (χ1n) is 5.84. The minimum atomic E-state index is -3.50. The maximum Gasteiger partial charge on any atom is 0.323 e. The fourth-order valence-electron chi connectivity index (χ4n) is 1.28. The van der Waals surface area contributed by atoms with Gasteiger partial charge >= 0.3 is 5.97 Å². The van der Waals surface area contributed by atoms with E-state index in [9.17, 15) is 18.0 Å². The Kier molecular flexibility index (Phi) is 6.31. The molecule has 0 heterocycles. The average Bonchev–Trinajstić information content (AvgIpc) is 2.23. The number of hydrogen-bond acceptors (Lipinski definition) is 4. The highest BCUT2D eigenvalue weighted by Crippen LogP contribution is 2.08. The van der Waals surface area contributed by atoms with Crippen LogP contribution in [0.4, 0.5) is 0 Å². The Hall–Kier alpha value is -1.11. The van der Waals surface area contributed by atoms with Gasteiger partial charge in [0, 0.05) is 6.04 Å². The van der Waals surface area contributed by atoms with Crippen molar-refractivity contribution in [2.45, 2.75) is 45.4 Å². The van der Waals surface area contributed by atoms with Gasteiger partial charge in [0.1, 0.15) is 12.3 Å². The van der Waals surface area contributed by atoms with Crippen molar-refractivity contribution < 1.29 is 23.1 Å². The Labute approximate surface area is 108 Å². The number of rotatable bonds is 7. The summed E-state index contributed by atoms with van der Waals surface area (Å²) in [6.45, 7) is 6.02. The van der Waals surface area contributed by atoms with Crippen molar-refractivity contribution >= 4 is 21.7 Å². The molecule has 1 N–H and O–H groups in total. The van der Waals surface area contributed by atoms with Crippen LogP contribution in [0.15, 0.2) is 0 Å². The number of carboxylic acids is 1. The van der Waals surface area contributed by atoms with Crippen molar-refractivity contribution in [1.29, 1.82) is 0 Å². The molecule has 0 radical (unpaired) electrons. The van der Waals surface area contributed by atoms with Gasteiger partial charge in [0.05, 0.1) is 5.25 Å². The third-order valence-corrected chi connectivity index (χ3v) is 4.88. The second kappa shape index (κ2) is 6.72. The monoisotopic (exact) mass is 279 g/mol. The molecule has 0 rings (SSSR count). The fraction of sp³-hybridized carbons (Fsp3) is 0.818. The van der Waals surface area contributed by atoms with Gasteiger partial charge < -0.3 is 10.0 Å². The Morgan fingerprint density at radius 2 is 1.72 bits per heavy atom. The van der Waals surface area contributed by atoms with Crippen LogP contribution in [0.1, 0.15) is 34.1 Å². The van der Waals surface area contributed by atoms with Gasteiger partial charge in [-0.1, -0.05) is 6.92 Å². The van der Waals surface area contributed by atoms with Crippen LogP contribution in [0.2, 0.25) is 0 Å². The second-order valence-electron chi connectivity index (χ2n) is 4.53. The van der Waals surface area contributed by atoms with E-state index >= 15 is 0 Å². The average molecular weight is 279 g/mol. The van der Waals surface area contributed by atoms with Crippen LogP contribution in [0.5, 0.6) is 0 Å². The maximum atomic E-state index is 11.9. The molecule has 0 aliphatic carbocycles. The van der Waals surface area contributed by atoms with Crippen molar-refractivity contribution in [3.63, 3.8) is 0 Å². The van der Waals surface area contributed by atoms with E-state index < -0.39 is 39.3 Å². The van der Waals surface area contributed by atoms with Gasteiger partial charge in [0.15, 0.2) is 9.84 Å². The highest BCUT2D eigenvalue weighted by molar-refractivity contribution is 7.92. The van der Waals surface area contributed by atoms with Crippen LogP contribution in [-0.2, 0) is 19.4 Å². The minimum Gasteiger partial charge on any atom is -0.480 e. The van der Waals surface area contributed by atoms with E-state index in [1.54, 1.807) is 6.92 Å². The van der Waals surface area contributed by atoms with Crippen LogP contribution in [0, 0.1) is 0 Å². The molecule has 7 heteroatoms. The SMILES string of the molecule is CCC(C)N(CC(=O)O)C(=O)CS(=O)(=O)C(C)C. The smallest absolute Gasteiger partial charge is 0.323 e. The molecule has 18 heavy (non-hydrogen) atoms. The van der Waals surface area contributed by atoms with E-state index in [-0.39, 0.29) is 6.04 Å². The number of sulfone groups is 1. The summed E-state index contributed by atoms with van der Waals surface area (Å²) in [5, 5.41) is 8.09. The normalized spacial score (nSPS) is 13.4. The summed E-state index contributed by atoms with van der Waals surface area (Å²) >= 11 is 0. The zero-order valence-corrected chi connectivity index (χ0v) is 12.0. The quantitative estimate of drug-likeness (QED) is 0.733. The van der Waals surface area contributed by atoms with Crippen molar-refractivity contribution in [2.75, 3.05) is 12.3 Å². The molecule has 0 aliphatic rings. The molecule has 0 spiro atoms. The first-order chi connectivity index (χ1) is 8.11. The summed E-state index contributed by atoms with van der Waals surface area (Å²) in [6.07, 6.45) is 0.570. The van der Waals surface area contributed by atoms with Crippen LogP contribution in [-0.4, -0.2) is 53.9 Å². The standard InChI is InChI=1S/C11H21NO5S/c1-5-9(4)12(6-11(14)15)10(13)7-18(16,17)8(2)3/h8-9H,5-7H2,1-4H3,(H,14,15). The van der Waals surface area contributed by atoms with E-state index in [1.165, 1.54) is 13.8 Å². The summed E-state index contributed by atoms with van der Waals surface area (Å²) in [7, 11) is -3.50. The molecule has 0 aromatic carbocycles. The van der Waals surface area contributed by atoms with Crippen LogP contribution in [0.3, 0.4) is 0 Å². The first kappa shape index (κ1) is 16.9. The lowest BCUT2D eigenvalue weighted by molar-refractivity contribution is -0.145. The second-order valence-corrected chi connectivity index (χ2v) is 7.09. The van der Waals surface area contributed by atoms with Crippen molar-refractivity contribution in [2.24, 2.45) is 0 Å². The molecule has 0 aliphatic heterocycles. The molecular formula is C11H21NO5S. The molecule has 0 saturated heterocycles. The van der Waals surface area contributed by atoms with Gasteiger partial charge in [0.25, 0.3) is 0 Å². The zero-order valence-electron chi connectivity index (χ0n) is 11.2. The lowest BCUT2D eigenvalue weighted by Gasteiger charge is -2.27. The predicted molar refractivity (Wildman–Crippen MR) is 68.0 cm³/mol.